The van der Waals surface area contributed by atoms with Crippen LogP contribution in [0.15, 0.2) is 60.9 Å². The van der Waals surface area contributed by atoms with Crippen molar-refractivity contribution in [1.82, 2.24) is 9.97 Å². The van der Waals surface area contributed by atoms with Crippen molar-refractivity contribution in [3.8, 4) is 0 Å². The lowest BCUT2D eigenvalue weighted by Gasteiger charge is -2.20. The molecule has 27 heavy (non-hydrogen) atoms. The zero-order valence-electron chi connectivity index (χ0n) is 15.3. The Labute approximate surface area is 164 Å². The van der Waals surface area contributed by atoms with Crippen LogP contribution in [0.4, 0.5) is 11.6 Å². The minimum absolute atomic E-state index is 0.266. The van der Waals surface area contributed by atoms with E-state index in [4.69, 9.17) is 11.6 Å². The number of hydrogen-bond acceptors (Lipinski definition) is 4. The van der Waals surface area contributed by atoms with Crippen LogP contribution in [0.25, 0.3) is 0 Å². The summed E-state index contributed by atoms with van der Waals surface area (Å²) in [5.41, 5.74) is 3.19. The van der Waals surface area contributed by atoms with E-state index in [2.05, 4.69) is 39.2 Å². The molecule has 0 aliphatic heterocycles. The number of carbonyl (C=O) groups excluding carboxylic acids is 1. The van der Waals surface area contributed by atoms with Crippen LogP contribution >= 0.6 is 11.6 Å². The molecule has 0 atom stereocenters. The molecule has 3 aromatic rings. The van der Waals surface area contributed by atoms with Gasteiger partial charge in [0.15, 0.2) is 0 Å². The maximum absolute atomic E-state index is 12.5. The number of nitrogens with one attached hydrogen (secondary N) is 1. The number of carbonyl (C=O) groups is 1. The molecule has 0 fully saturated rings. The zero-order chi connectivity index (χ0) is 19.2. The van der Waals surface area contributed by atoms with E-state index in [1.165, 1.54) is 5.56 Å². The average molecular weight is 381 g/mol. The minimum Gasteiger partial charge on any atom is -0.337 e. The second-order valence-corrected chi connectivity index (χ2v) is 6.62. The second-order valence-electron chi connectivity index (χ2n) is 6.18. The number of aryl methyl sites for hydroxylation is 1. The summed E-state index contributed by atoms with van der Waals surface area (Å²) < 4.78 is 0. The van der Waals surface area contributed by atoms with Gasteiger partial charge in [-0.2, -0.15) is 0 Å². The van der Waals surface area contributed by atoms with Gasteiger partial charge in [-0.15, -0.1) is 0 Å². The molecule has 0 saturated carbocycles. The molecule has 0 aliphatic carbocycles. The third-order valence-electron chi connectivity index (χ3n) is 4.23. The zero-order valence-corrected chi connectivity index (χ0v) is 16.1. The summed E-state index contributed by atoms with van der Waals surface area (Å²) in [6.45, 7) is 5.44. The van der Waals surface area contributed by atoms with Crippen LogP contribution in [-0.4, -0.2) is 22.4 Å². The third kappa shape index (κ3) is 4.83. The number of nitrogens with zero attached hydrogens (tertiary/aromatic N) is 3. The van der Waals surface area contributed by atoms with Crippen molar-refractivity contribution in [2.45, 2.75) is 20.4 Å². The molecule has 0 unspecified atom stereocenters. The highest BCUT2D eigenvalue weighted by Crippen LogP contribution is 2.21. The quantitative estimate of drug-likeness (QED) is 0.672. The topological polar surface area (TPSA) is 58.1 Å². The van der Waals surface area contributed by atoms with Crippen LogP contribution in [-0.2, 0) is 6.54 Å². The number of hydrogen-bond donors (Lipinski definition) is 1. The standard InChI is InChI=1S/C21H21ClN4O/c1-3-26(14-16-7-5-4-6-8-16)21-23-12-17(13-24-21)20(27)25-19-11-18(22)10-9-15(19)2/h4-13H,3,14H2,1-2H3,(H,25,27). The second kappa shape index (κ2) is 8.64. The van der Waals surface area contributed by atoms with Crippen molar-refractivity contribution in [3.05, 3.63) is 82.6 Å². The molecule has 0 bridgehead atoms. The summed E-state index contributed by atoms with van der Waals surface area (Å²) >= 11 is 6.00. The van der Waals surface area contributed by atoms with Crippen LogP contribution < -0.4 is 10.2 Å². The highest BCUT2D eigenvalue weighted by Gasteiger charge is 2.12. The highest BCUT2D eigenvalue weighted by molar-refractivity contribution is 6.31. The first-order valence-electron chi connectivity index (χ1n) is 8.75. The number of aromatic nitrogens is 2. The van der Waals surface area contributed by atoms with Crippen molar-refractivity contribution >= 4 is 29.1 Å². The largest absolute Gasteiger partial charge is 0.337 e. The van der Waals surface area contributed by atoms with Gasteiger partial charge in [0.25, 0.3) is 5.91 Å². The lowest BCUT2D eigenvalue weighted by atomic mass is 10.2. The molecule has 138 valence electrons. The Hall–Kier alpha value is -2.92. The van der Waals surface area contributed by atoms with E-state index in [1.807, 2.05) is 31.2 Å². The Bertz CT molecular complexity index is 913. The number of benzene rings is 2. The first kappa shape index (κ1) is 18.9. The van der Waals surface area contributed by atoms with Crippen molar-refractivity contribution in [3.63, 3.8) is 0 Å². The number of rotatable bonds is 6. The number of amides is 1. The predicted molar refractivity (Wildman–Crippen MR) is 109 cm³/mol. The highest BCUT2D eigenvalue weighted by atomic mass is 35.5. The molecule has 5 nitrogen and oxygen atoms in total. The Morgan fingerprint density at radius 2 is 1.81 bits per heavy atom. The maximum atomic E-state index is 12.5. The summed E-state index contributed by atoms with van der Waals surface area (Å²) in [5.74, 6) is 0.329. The third-order valence-corrected chi connectivity index (χ3v) is 4.46. The SMILES string of the molecule is CCN(Cc1ccccc1)c1ncc(C(=O)Nc2cc(Cl)ccc2C)cn1. The molecule has 2 aromatic carbocycles. The molecule has 0 radical (unpaired) electrons. The maximum Gasteiger partial charge on any atom is 0.258 e. The van der Waals surface area contributed by atoms with E-state index in [0.717, 1.165) is 12.1 Å². The van der Waals surface area contributed by atoms with Gasteiger partial charge in [0.2, 0.25) is 5.95 Å². The Kier molecular flexibility index (Phi) is 6.04. The van der Waals surface area contributed by atoms with Gasteiger partial charge in [0.05, 0.1) is 5.56 Å². The average Bonchev–Trinajstić information content (AvgIpc) is 2.70. The molecule has 1 N–H and O–H groups in total. The van der Waals surface area contributed by atoms with Gasteiger partial charge in [-0.25, -0.2) is 9.97 Å². The van der Waals surface area contributed by atoms with Gasteiger partial charge in [0.1, 0.15) is 0 Å². The van der Waals surface area contributed by atoms with E-state index in [0.29, 0.717) is 28.8 Å². The Morgan fingerprint density at radius 1 is 1.11 bits per heavy atom. The van der Waals surface area contributed by atoms with Crippen molar-refractivity contribution in [1.29, 1.82) is 0 Å². The van der Waals surface area contributed by atoms with Gasteiger partial charge in [-0.3, -0.25) is 4.79 Å². The Morgan fingerprint density at radius 3 is 2.48 bits per heavy atom. The summed E-state index contributed by atoms with van der Waals surface area (Å²) in [6.07, 6.45) is 3.09. The molecule has 1 aromatic heterocycles. The summed E-state index contributed by atoms with van der Waals surface area (Å²) in [6, 6.07) is 15.5. The van der Waals surface area contributed by atoms with Crippen molar-refractivity contribution in [2.75, 3.05) is 16.8 Å². The van der Waals surface area contributed by atoms with E-state index in [9.17, 15) is 4.79 Å². The fraction of sp³-hybridized carbons (Fsp3) is 0.190. The molecule has 3 rings (SSSR count). The van der Waals surface area contributed by atoms with Gasteiger partial charge in [0, 0.05) is 36.2 Å². The molecule has 0 aliphatic rings. The normalized spacial score (nSPS) is 10.5. The molecule has 1 heterocycles. The van der Waals surface area contributed by atoms with E-state index < -0.39 is 0 Å². The predicted octanol–water partition coefficient (Wildman–Crippen LogP) is 4.72. The summed E-state index contributed by atoms with van der Waals surface area (Å²) in [5, 5.41) is 3.42. The van der Waals surface area contributed by atoms with Crippen LogP contribution in [0.5, 0.6) is 0 Å². The van der Waals surface area contributed by atoms with E-state index >= 15 is 0 Å². The van der Waals surface area contributed by atoms with E-state index in [1.54, 1.807) is 24.5 Å². The van der Waals surface area contributed by atoms with Crippen LogP contribution in [0.2, 0.25) is 5.02 Å². The molecule has 0 saturated heterocycles. The Balaban J connectivity index is 1.72. The van der Waals surface area contributed by atoms with Crippen LogP contribution in [0.3, 0.4) is 0 Å². The van der Waals surface area contributed by atoms with Gasteiger partial charge in [-0.05, 0) is 37.1 Å². The lowest BCUT2D eigenvalue weighted by Crippen LogP contribution is -2.24. The summed E-state index contributed by atoms with van der Waals surface area (Å²) in [4.78, 5) is 23.3. The van der Waals surface area contributed by atoms with Crippen LogP contribution in [0.1, 0.15) is 28.4 Å². The van der Waals surface area contributed by atoms with Gasteiger partial charge < -0.3 is 10.2 Å². The molecular formula is C21H21ClN4O. The smallest absolute Gasteiger partial charge is 0.258 e. The molecule has 1 amide bonds. The fourth-order valence-corrected chi connectivity index (χ4v) is 2.82. The van der Waals surface area contributed by atoms with Crippen LogP contribution in [0, 0.1) is 6.92 Å². The first-order chi connectivity index (χ1) is 13.1. The number of halogens is 1. The molecule has 0 spiro atoms. The van der Waals surface area contributed by atoms with Gasteiger partial charge >= 0.3 is 0 Å². The summed E-state index contributed by atoms with van der Waals surface area (Å²) in [7, 11) is 0. The van der Waals surface area contributed by atoms with Gasteiger partial charge in [-0.1, -0.05) is 48.0 Å². The monoisotopic (exact) mass is 380 g/mol. The molecular weight excluding hydrogens is 360 g/mol. The minimum atomic E-state index is -0.266. The van der Waals surface area contributed by atoms with Crippen molar-refractivity contribution in [2.24, 2.45) is 0 Å². The van der Waals surface area contributed by atoms with Crippen molar-refractivity contribution < 1.29 is 4.79 Å². The fourth-order valence-electron chi connectivity index (χ4n) is 2.65. The lowest BCUT2D eigenvalue weighted by molar-refractivity contribution is 0.102. The molecule has 6 heteroatoms. The van der Waals surface area contributed by atoms with E-state index in [-0.39, 0.29) is 5.91 Å². The first-order valence-corrected chi connectivity index (χ1v) is 9.13. The number of anilines is 2.